The first-order chi connectivity index (χ1) is 10.1. The van der Waals surface area contributed by atoms with Crippen LogP contribution in [0.2, 0.25) is 0 Å². The Balaban J connectivity index is 2.24. The second-order valence-corrected chi connectivity index (χ2v) is 5.97. The molecule has 0 spiro atoms. The Kier molecular flexibility index (Phi) is 5.70. The quantitative estimate of drug-likeness (QED) is 0.781. The zero-order valence-corrected chi connectivity index (χ0v) is 13.8. The van der Waals surface area contributed by atoms with E-state index in [4.69, 9.17) is 0 Å². The molecular weight excluding hydrogens is 333 g/mol. The van der Waals surface area contributed by atoms with Crippen molar-refractivity contribution in [1.29, 1.82) is 0 Å². The molecule has 112 valence electrons. The maximum Gasteiger partial charge on any atom is 0.139 e. The smallest absolute Gasteiger partial charge is 0.139 e. The molecule has 0 N–H and O–H groups in total. The Labute approximate surface area is 133 Å². The highest BCUT2D eigenvalue weighted by Crippen LogP contribution is 2.28. The predicted octanol–water partition coefficient (Wildman–Crippen LogP) is 4.07. The average Bonchev–Trinajstić information content (AvgIpc) is 2.47. The van der Waals surface area contributed by atoms with E-state index in [9.17, 15) is 4.39 Å². The van der Waals surface area contributed by atoms with Crippen LogP contribution in [0.1, 0.15) is 6.42 Å². The summed E-state index contributed by atoms with van der Waals surface area (Å²) in [5.41, 5.74) is 1.87. The van der Waals surface area contributed by atoms with Crippen LogP contribution in [-0.4, -0.2) is 37.1 Å². The van der Waals surface area contributed by atoms with Crippen LogP contribution in [0.15, 0.2) is 47.2 Å². The summed E-state index contributed by atoms with van der Waals surface area (Å²) in [6, 6.07) is 9.10. The van der Waals surface area contributed by atoms with Gasteiger partial charge in [-0.05, 0) is 73.3 Å². The van der Waals surface area contributed by atoms with Gasteiger partial charge in [0.25, 0.3) is 0 Å². The first-order valence-electron chi connectivity index (χ1n) is 6.85. The molecule has 0 radical (unpaired) electrons. The van der Waals surface area contributed by atoms with E-state index in [1.165, 1.54) is 0 Å². The molecule has 0 aliphatic heterocycles. The summed E-state index contributed by atoms with van der Waals surface area (Å²) in [6.07, 6.45) is 4.50. The summed E-state index contributed by atoms with van der Waals surface area (Å²) < 4.78 is 14.3. The standard InChI is InChI=1S/C16H19BrFN3/c1-20(2)10-3-11-21(13-6-8-19-9-7-13)14-4-5-15(17)16(18)12-14/h4-9,12H,3,10-11H2,1-2H3. The maximum absolute atomic E-state index is 13.8. The molecule has 1 heterocycles. The van der Waals surface area contributed by atoms with Crippen molar-refractivity contribution in [3.63, 3.8) is 0 Å². The number of nitrogens with zero attached hydrogens (tertiary/aromatic N) is 3. The Hall–Kier alpha value is -1.46. The van der Waals surface area contributed by atoms with E-state index in [-0.39, 0.29) is 5.82 Å². The molecule has 0 bridgehead atoms. The molecule has 0 atom stereocenters. The molecule has 1 aromatic carbocycles. The summed E-state index contributed by atoms with van der Waals surface area (Å²) in [5.74, 6) is -0.251. The van der Waals surface area contributed by atoms with Crippen LogP contribution >= 0.6 is 15.9 Å². The van der Waals surface area contributed by atoms with Gasteiger partial charge in [0.05, 0.1) is 4.47 Å². The number of hydrogen-bond donors (Lipinski definition) is 0. The van der Waals surface area contributed by atoms with Crippen molar-refractivity contribution in [2.24, 2.45) is 0 Å². The number of rotatable bonds is 6. The second kappa shape index (κ2) is 7.52. The van der Waals surface area contributed by atoms with E-state index in [1.54, 1.807) is 24.5 Å². The lowest BCUT2D eigenvalue weighted by Gasteiger charge is -2.25. The molecule has 2 rings (SSSR count). The molecule has 3 nitrogen and oxygen atoms in total. The van der Waals surface area contributed by atoms with E-state index < -0.39 is 0 Å². The predicted molar refractivity (Wildman–Crippen MR) is 88.5 cm³/mol. The lowest BCUT2D eigenvalue weighted by Crippen LogP contribution is -2.23. The number of hydrogen-bond acceptors (Lipinski definition) is 3. The zero-order chi connectivity index (χ0) is 15.2. The third kappa shape index (κ3) is 4.51. The highest BCUT2D eigenvalue weighted by Gasteiger charge is 2.11. The van der Waals surface area contributed by atoms with Gasteiger partial charge in [-0.2, -0.15) is 0 Å². The van der Waals surface area contributed by atoms with Crippen molar-refractivity contribution in [2.75, 3.05) is 32.1 Å². The summed E-state index contributed by atoms with van der Waals surface area (Å²) in [5, 5.41) is 0. The summed E-state index contributed by atoms with van der Waals surface area (Å²) >= 11 is 3.20. The van der Waals surface area contributed by atoms with Crippen molar-refractivity contribution >= 4 is 27.3 Å². The first kappa shape index (κ1) is 15.9. The SMILES string of the molecule is CN(C)CCCN(c1ccncc1)c1ccc(Br)c(F)c1. The number of pyridine rings is 1. The van der Waals surface area contributed by atoms with Crippen LogP contribution in [0.25, 0.3) is 0 Å². The van der Waals surface area contributed by atoms with Gasteiger partial charge in [-0.3, -0.25) is 4.98 Å². The van der Waals surface area contributed by atoms with Gasteiger partial charge in [-0.15, -0.1) is 0 Å². The second-order valence-electron chi connectivity index (χ2n) is 5.11. The number of benzene rings is 1. The fraction of sp³-hybridized carbons (Fsp3) is 0.312. The number of anilines is 2. The lowest BCUT2D eigenvalue weighted by atomic mass is 10.2. The topological polar surface area (TPSA) is 19.4 Å². The van der Waals surface area contributed by atoms with Crippen LogP contribution in [0.3, 0.4) is 0 Å². The molecule has 21 heavy (non-hydrogen) atoms. The van der Waals surface area contributed by atoms with E-state index in [0.717, 1.165) is 30.9 Å². The van der Waals surface area contributed by atoms with Gasteiger partial charge in [-0.1, -0.05) is 0 Å². The highest BCUT2D eigenvalue weighted by atomic mass is 79.9. The lowest BCUT2D eigenvalue weighted by molar-refractivity contribution is 0.402. The van der Waals surface area contributed by atoms with Gasteiger partial charge in [0.2, 0.25) is 0 Å². The van der Waals surface area contributed by atoms with Crippen molar-refractivity contribution in [2.45, 2.75) is 6.42 Å². The van der Waals surface area contributed by atoms with Crippen LogP contribution in [0.4, 0.5) is 15.8 Å². The van der Waals surface area contributed by atoms with E-state index >= 15 is 0 Å². The van der Waals surface area contributed by atoms with Gasteiger partial charge in [0, 0.05) is 30.3 Å². The Morgan fingerprint density at radius 1 is 1.05 bits per heavy atom. The molecule has 0 saturated heterocycles. The monoisotopic (exact) mass is 351 g/mol. The summed E-state index contributed by atoms with van der Waals surface area (Å²) in [7, 11) is 4.10. The molecule has 0 aliphatic carbocycles. The van der Waals surface area contributed by atoms with Crippen LogP contribution in [0.5, 0.6) is 0 Å². The molecule has 1 aromatic heterocycles. The minimum atomic E-state index is -0.251. The zero-order valence-electron chi connectivity index (χ0n) is 12.3. The molecule has 0 aliphatic rings. The largest absolute Gasteiger partial charge is 0.341 e. The minimum Gasteiger partial charge on any atom is -0.341 e. The average molecular weight is 352 g/mol. The third-order valence-electron chi connectivity index (χ3n) is 3.18. The Morgan fingerprint density at radius 2 is 1.76 bits per heavy atom. The van der Waals surface area contributed by atoms with Gasteiger partial charge in [0.1, 0.15) is 5.82 Å². The summed E-state index contributed by atoms with van der Waals surface area (Å²) in [6.45, 7) is 1.81. The van der Waals surface area contributed by atoms with Crippen molar-refractivity contribution in [1.82, 2.24) is 9.88 Å². The van der Waals surface area contributed by atoms with Crippen LogP contribution in [0, 0.1) is 5.82 Å². The molecule has 0 amide bonds. The van der Waals surface area contributed by atoms with E-state index in [1.807, 2.05) is 18.2 Å². The molecule has 5 heteroatoms. The molecule has 0 fully saturated rings. The third-order valence-corrected chi connectivity index (χ3v) is 3.82. The van der Waals surface area contributed by atoms with E-state index in [0.29, 0.717) is 4.47 Å². The van der Waals surface area contributed by atoms with Gasteiger partial charge in [0.15, 0.2) is 0 Å². The van der Waals surface area contributed by atoms with E-state index in [2.05, 4.69) is 44.8 Å². The number of halogens is 2. The number of aromatic nitrogens is 1. The first-order valence-corrected chi connectivity index (χ1v) is 7.64. The highest BCUT2D eigenvalue weighted by molar-refractivity contribution is 9.10. The van der Waals surface area contributed by atoms with Crippen molar-refractivity contribution < 1.29 is 4.39 Å². The van der Waals surface area contributed by atoms with Gasteiger partial charge >= 0.3 is 0 Å². The normalized spacial score (nSPS) is 10.9. The Morgan fingerprint density at radius 3 is 2.38 bits per heavy atom. The molecule has 0 saturated carbocycles. The summed E-state index contributed by atoms with van der Waals surface area (Å²) in [4.78, 5) is 8.30. The van der Waals surface area contributed by atoms with Crippen molar-refractivity contribution in [3.8, 4) is 0 Å². The molecule has 0 unspecified atom stereocenters. The fourth-order valence-electron chi connectivity index (χ4n) is 2.13. The molecule has 2 aromatic rings. The van der Waals surface area contributed by atoms with Crippen LogP contribution < -0.4 is 4.90 Å². The Bertz CT molecular complexity index is 575. The fourth-order valence-corrected chi connectivity index (χ4v) is 2.38. The van der Waals surface area contributed by atoms with Crippen molar-refractivity contribution in [3.05, 3.63) is 53.0 Å². The maximum atomic E-state index is 13.8. The minimum absolute atomic E-state index is 0.251. The molecular formula is C16H19BrFN3. The van der Waals surface area contributed by atoms with Crippen LogP contribution in [-0.2, 0) is 0 Å². The van der Waals surface area contributed by atoms with Gasteiger partial charge < -0.3 is 9.80 Å². The van der Waals surface area contributed by atoms with Gasteiger partial charge in [-0.25, -0.2) is 4.39 Å².